The normalized spacial score (nSPS) is 34.2. The van der Waals surface area contributed by atoms with E-state index in [0.29, 0.717) is 0 Å². The first-order valence-corrected chi connectivity index (χ1v) is 5.13. The van der Waals surface area contributed by atoms with Gasteiger partial charge >= 0.3 is 0 Å². The summed E-state index contributed by atoms with van der Waals surface area (Å²) in [7, 11) is 0. The first-order chi connectivity index (χ1) is 5.75. The van der Waals surface area contributed by atoms with Crippen LogP contribution in [-0.4, -0.2) is 24.0 Å². The number of piperidine rings is 1. The number of allylic oxidation sites excluding steroid dienone is 1. The van der Waals surface area contributed by atoms with Gasteiger partial charge < -0.3 is 0 Å². The lowest BCUT2D eigenvalue weighted by atomic mass is 10.1. The van der Waals surface area contributed by atoms with Crippen molar-refractivity contribution in [1.82, 2.24) is 4.90 Å². The van der Waals surface area contributed by atoms with Crippen molar-refractivity contribution in [3.63, 3.8) is 0 Å². The fourth-order valence-electron chi connectivity index (χ4n) is 2.55. The molecule has 2 fully saturated rings. The molecule has 1 aliphatic carbocycles. The fraction of sp³-hybridized carbons (Fsp3) is 0.818. The maximum absolute atomic E-state index is 2.65. The highest BCUT2D eigenvalue weighted by Gasteiger charge is 2.36. The molecule has 1 aliphatic heterocycles. The van der Waals surface area contributed by atoms with Gasteiger partial charge in [-0.2, -0.15) is 0 Å². The second kappa shape index (κ2) is 3.21. The molecule has 0 aromatic carbocycles. The summed E-state index contributed by atoms with van der Waals surface area (Å²) in [6.07, 6.45) is 6.80. The molecule has 0 N–H and O–H groups in total. The molecule has 1 heterocycles. The van der Waals surface area contributed by atoms with Gasteiger partial charge in [-0.3, -0.25) is 4.90 Å². The van der Waals surface area contributed by atoms with Gasteiger partial charge in [0.1, 0.15) is 0 Å². The van der Waals surface area contributed by atoms with Gasteiger partial charge in [0.25, 0.3) is 0 Å². The van der Waals surface area contributed by atoms with E-state index in [0.717, 1.165) is 12.0 Å². The molecule has 2 atom stereocenters. The van der Waals surface area contributed by atoms with E-state index in [1.165, 1.54) is 37.9 Å². The standard InChI is InChI=1S/C11H19N/c1-9(2)5-6-12-8-10-3-4-11(12)7-10/h5,10-11H,3-4,6-8H2,1-2H3. The van der Waals surface area contributed by atoms with Crippen LogP contribution in [0.3, 0.4) is 0 Å². The molecule has 1 saturated carbocycles. The Bertz CT molecular complexity index is 191. The van der Waals surface area contributed by atoms with Crippen LogP contribution in [0.15, 0.2) is 11.6 Å². The first kappa shape index (κ1) is 8.31. The highest BCUT2D eigenvalue weighted by molar-refractivity contribution is 4.99. The van der Waals surface area contributed by atoms with E-state index in [9.17, 15) is 0 Å². The molecule has 0 amide bonds. The largest absolute Gasteiger partial charge is 0.296 e. The molecule has 1 heteroatoms. The van der Waals surface area contributed by atoms with Gasteiger partial charge in [-0.1, -0.05) is 11.6 Å². The van der Waals surface area contributed by atoms with Crippen molar-refractivity contribution in [3.05, 3.63) is 11.6 Å². The summed E-state index contributed by atoms with van der Waals surface area (Å²) in [5.41, 5.74) is 1.46. The van der Waals surface area contributed by atoms with E-state index in [4.69, 9.17) is 0 Å². The van der Waals surface area contributed by atoms with E-state index in [1.807, 2.05) is 0 Å². The molecule has 0 radical (unpaired) electrons. The third kappa shape index (κ3) is 1.56. The number of rotatable bonds is 2. The van der Waals surface area contributed by atoms with Crippen LogP contribution in [0.2, 0.25) is 0 Å². The Kier molecular flexibility index (Phi) is 2.22. The zero-order chi connectivity index (χ0) is 8.55. The summed E-state index contributed by atoms with van der Waals surface area (Å²) in [6, 6.07) is 0.936. The SMILES string of the molecule is CC(C)=CCN1CC2CCC1C2. The molecule has 0 spiro atoms. The first-order valence-electron chi connectivity index (χ1n) is 5.13. The number of fused-ring (bicyclic) bond motifs is 2. The maximum Gasteiger partial charge on any atom is 0.0168 e. The van der Waals surface area contributed by atoms with Crippen molar-refractivity contribution in [2.24, 2.45) is 5.92 Å². The van der Waals surface area contributed by atoms with Crippen LogP contribution in [0.25, 0.3) is 0 Å². The minimum absolute atomic E-state index is 0.936. The molecule has 2 unspecified atom stereocenters. The maximum atomic E-state index is 2.65. The van der Waals surface area contributed by atoms with Crippen molar-refractivity contribution >= 4 is 0 Å². The van der Waals surface area contributed by atoms with Crippen LogP contribution < -0.4 is 0 Å². The van der Waals surface area contributed by atoms with Crippen LogP contribution in [0, 0.1) is 5.92 Å². The van der Waals surface area contributed by atoms with Crippen molar-refractivity contribution in [2.45, 2.75) is 39.2 Å². The van der Waals surface area contributed by atoms with Gasteiger partial charge in [0.2, 0.25) is 0 Å². The minimum atomic E-state index is 0.936. The lowest BCUT2D eigenvalue weighted by molar-refractivity contribution is 0.235. The summed E-state index contributed by atoms with van der Waals surface area (Å²) in [6.45, 7) is 6.95. The quantitative estimate of drug-likeness (QED) is 0.568. The summed E-state index contributed by atoms with van der Waals surface area (Å²) < 4.78 is 0. The van der Waals surface area contributed by atoms with Crippen LogP contribution in [-0.2, 0) is 0 Å². The van der Waals surface area contributed by atoms with Crippen LogP contribution >= 0.6 is 0 Å². The van der Waals surface area contributed by atoms with Gasteiger partial charge in [0.15, 0.2) is 0 Å². The molecule has 1 nitrogen and oxygen atoms in total. The highest BCUT2D eigenvalue weighted by atomic mass is 15.2. The topological polar surface area (TPSA) is 3.24 Å². The van der Waals surface area contributed by atoms with Gasteiger partial charge in [-0.25, -0.2) is 0 Å². The molecule has 1 saturated heterocycles. The summed E-state index contributed by atoms with van der Waals surface area (Å²) >= 11 is 0. The Hall–Kier alpha value is -0.300. The Morgan fingerprint density at radius 2 is 2.25 bits per heavy atom. The Morgan fingerprint density at radius 1 is 1.42 bits per heavy atom. The van der Waals surface area contributed by atoms with Gasteiger partial charge in [-0.15, -0.1) is 0 Å². The number of nitrogens with zero attached hydrogens (tertiary/aromatic N) is 1. The predicted molar refractivity (Wildman–Crippen MR) is 52.1 cm³/mol. The summed E-state index contributed by atoms with van der Waals surface area (Å²) in [4.78, 5) is 2.65. The average Bonchev–Trinajstić information content (AvgIpc) is 2.60. The van der Waals surface area contributed by atoms with Gasteiger partial charge in [0.05, 0.1) is 0 Å². The van der Waals surface area contributed by atoms with E-state index in [1.54, 1.807) is 0 Å². The minimum Gasteiger partial charge on any atom is -0.296 e. The Labute approximate surface area is 75.4 Å². The molecule has 0 aromatic rings. The fourth-order valence-corrected chi connectivity index (χ4v) is 2.55. The smallest absolute Gasteiger partial charge is 0.0168 e. The molecular weight excluding hydrogens is 146 g/mol. The van der Waals surface area contributed by atoms with Crippen LogP contribution in [0.1, 0.15) is 33.1 Å². The molecule has 2 aliphatic rings. The van der Waals surface area contributed by atoms with E-state index < -0.39 is 0 Å². The molecule has 2 bridgehead atoms. The average molecular weight is 165 g/mol. The van der Waals surface area contributed by atoms with Crippen LogP contribution in [0.4, 0.5) is 0 Å². The van der Waals surface area contributed by atoms with Gasteiger partial charge in [0, 0.05) is 19.1 Å². The van der Waals surface area contributed by atoms with E-state index >= 15 is 0 Å². The Morgan fingerprint density at radius 3 is 2.75 bits per heavy atom. The third-order valence-electron chi connectivity index (χ3n) is 3.26. The number of hydrogen-bond donors (Lipinski definition) is 0. The van der Waals surface area contributed by atoms with Crippen molar-refractivity contribution < 1.29 is 0 Å². The van der Waals surface area contributed by atoms with Crippen molar-refractivity contribution in [1.29, 1.82) is 0 Å². The summed E-state index contributed by atoms with van der Waals surface area (Å²) in [5.74, 6) is 1.04. The molecular formula is C11H19N. The summed E-state index contributed by atoms with van der Waals surface area (Å²) in [5, 5.41) is 0. The molecule has 68 valence electrons. The van der Waals surface area contributed by atoms with Gasteiger partial charge in [-0.05, 0) is 39.0 Å². The molecule has 0 aromatic heterocycles. The number of likely N-dealkylation sites (tertiary alicyclic amines) is 1. The zero-order valence-electron chi connectivity index (χ0n) is 8.21. The van der Waals surface area contributed by atoms with E-state index in [2.05, 4.69) is 24.8 Å². The lowest BCUT2D eigenvalue weighted by Gasteiger charge is -2.25. The molecule has 12 heavy (non-hydrogen) atoms. The number of hydrogen-bond acceptors (Lipinski definition) is 1. The van der Waals surface area contributed by atoms with Crippen LogP contribution in [0.5, 0.6) is 0 Å². The third-order valence-corrected chi connectivity index (χ3v) is 3.26. The predicted octanol–water partition coefficient (Wildman–Crippen LogP) is 2.44. The monoisotopic (exact) mass is 165 g/mol. The van der Waals surface area contributed by atoms with Crippen molar-refractivity contribution in [3.8, 4) is 0 Å². The lowest BCUT2D eigenvalue weighted by Crippen LogP contribution is -2.32. The molecule has 2 rings (SSSR count). The second-order valence-corrected chi connectivity index (χ2v) is 4.57. The Balaban J connectivity index is 1.87. The van der Waals surface area contributed by atoms with Crippen molar-refractivity contribution in [2.75, 3.05) is 13.1 Å². The highest BCUT2D eigenvalue weighted by Crippen LogP contribution is 2.36. The second-order valence-electron chi connectivity index (χ2n) is 4.57. The zero-order valence-corrected chi connectivity index (χ0v) is 8.21. The van der Waals surface area contributed by atoms with E-state index in [-0.39, 0.29) is 0 Å².